The van der Waals surface area contributed by atoms with Gasteiger partial charge >= 0.3 is 11.9 Å². The summed E-state index contributed by atoms with van der Waals surface area (Å²) in [5.74, 6) is -0.775. The van der Waals surface area contributed by atoms with Crippen LogP contribution in [0.1, 0.15) is 200 Å². The van der Waals surface area contributed by atoms with Gasteiger partial charge in [-0.15, -0.1) is 0 Å². The fourth-order valence-electron chi connectivity index (χ4n) is 5.74. The van der Waals surface area contributed by atoms with Crippen LogP contribution in [0.5, 0.6) is 0 Å². The highest BCUT2D eigenvalue weighted by molar-refractivity contribution is 5.69. The van der Waals surface area contributed by atoms with E-state index in [-0.39, 0.29) is 18.5 Å². The van der Waals surface area contributed by atoms with Crippen LogP contribution in [0.25, 0.3) is 0 Å². The Bertz CT molecular complexity index is 850. The molecule has 4 heteroatoms. The zero-order valence-electron chi connectivity index (χ0n) is 31.5. The van der Waals surface area contributed by atoms with Crippen LogP contribution < -0.4 is 0 Å². The van der Waals surface area contributed by atoms with E-state index in [1.54, 1.807) is 0 Å². The highest BCUT2D eigenvalue weighted by Gasteiger charge is 2.11. The Morgan fingerprint density at radius 2 is 0.938 bits per heavy atom. The fourth-order valence-corrected chi connectivity index (χ4v) is 5.74. The molecule has 0 bridgehead atoms. The standard InChI is InChI=1S/C44H76O4/c1-3-5-7-9-11-13-14-15-16-17-18-19-20-21-22-23-24-25-27-33-37-41-44(47)48-42(38-34-30-26-12-10-8-6-4-2)39-35-31-28-29-32-36-40-43(45)46/h6,8,12,14-15,17-18,26,34,38,42H,3-5,7,9-11,13,16,19-25,27-33,35-37,39-41H2,1-2H3,(H,45,46)/b8-6-,15-14-,18-17-,26-12-,38-34-. The number of ether oxygens (including phenoxy) is 1. The lowest BCUT2D eigenvalue weighted by Crippen LogP contribution is -2.16. The van der Waals surface area contributed by atoms with Gasteiger partial charge in [0.05, 0.1) is 0 Å². The van der Waals surface area contributed by atoms with Crippen molar-refractivity contribution in [1.29, 1.82) is 0 Å². The number of carbonyl (C=O) groups is 2. The molecule has 1 unspecified atom stereocenters. The first-order chi connectivity index (χ1) is 23.6. The SMILES string of the molecule is CC/C=C\C/C=C\C/C=C\C(CCCCCCCCC(=O)O)OC(=O)CCCCCCCCCCC/C=C\C/C=C\CCCCCCC. The first kappa shape index (κ1) is 45.6. The Morgan fingerprint density at radius 3 is 1.48 bits per heavy atom. The second-order valence-electron chi connectivity index (χ2n) is 13.4. The zero-order valence-corrected chi connectivity index (χ0v) is 31.5. The monoisotopic (exact) mass is 669 g/mol. The van der Waals surface area contributed by atoms with Crippen molar-refractivity contribution in [2.45, 2.75) is 206 Å². The molecule has 1 atom stereocenters. The minimum atomic E-state index is -0.707. The Hall–Kier alpha value is -2.36. The van der Waals surface area contributed by atoms with E-state index >= 15 is 0 Å². The van der Waals surface area contributed by atoms with Gasteiger partial charge in [-0.2, -0.15) is 0 Å². The largest absolute Gasteiger partial charge is 0.481 e. The Balaban J connectivity index is 3.98. The summed E-state index contributed by atoms with van der Waals surface area (Å²) in [6, 6.07) is 0. The summed E-state index contributed by atoms with van der Waals surface area (Å²) in [6.07, 6.45) is 54.1. The number of unbranched alkanes of at least 4 members (excludes halogenated alkanes) is 19. The van der Waals surface area contributed by atoms with Crippen LogP contribution in [0, 0.1) is 0 Å². The molecule has 0 aromatic heterocycles. The molecule has 0 saturated heterocycles. The van der Waals surface area contributed by atoms with E-state index in [0.29, 0.717) is 6.42 Å². The van der Waals surface area contributed by atoms with Crippen molar-refractivity contribution in [2.75, 3.05) is 0 Å². The van der Waals surface area contributed by atoms with Crippen LogP contribution in [0.15, 0.2) is 60.8 Å². The summed E-state index contributed by atoms with van der Waals surface area (Å²) >= 11 is 0. The third kappa shape index (κ3) is 38.1. The summed E-state index contributed by atoms with van der Waals surface area (Å²) < 4.78 is 5.89. The number of rotatable bonds is 36. The molecule has 1 N–H and O–H groups in total. The molecule has 0 aliphatic rings. The minimum absolute atomic E-state index is 0.0681. The topological polar surface area (TPSA) is 63.6 Å². The normalized spacial score (nSPS) is 12.9. The molecular weight excluding hydrogens is 592 g/mol. The smallest absolute Gasteiger partial charge is 0.306 e. The molecule has 0 aromatic carbocycles. The van der Waals surface area contributed by atoms with Crippen LogP contribution >= 0.6 is 0 Å². The Labute approximate surface area is 297 Å². The lowest BCUT2D eigenvalue weighted by Gasteiger charge is -2.14. The van der Waals surface area contributed by atoms with Crippen LogP contribution in [0.3, 0.4) is 0 Å². The average molecular weight is 669 g/mol. The highest BCUT2D eigenvalue weighted by atomic mass is 16.5. The maximum atomic E-state index is 12.6. The van der Waals surface area contributed by atoms with E-state index in [4.69, 9.17) is 9.84 Å². The van der Waals surface area contributed by atoms with Crippen molar-refractivity contribution in [1.82, 2.24) is 0 Å². The fraction of sp³-hybridized carbons (Fsp3) is 0.727. The Morgan fingerprint density at radius 1 is 0.500 bits per heavy atom. The van der Waals surface area contributed by atoms with Gasteiger partial charge in [0.1, 0.15) is 6.10 Å². The zero-order chi connectivity index (χ0) is 35.0. The predicted octanol–water partition coefficient (Wildman–Crippen LogP) is 14.1. The van der Waals surface area contributed by atoms with E-state index in [1.165, 1.54) is 89.9 Å². The summed E-state index contributed by atoms with van der Waals surface area (Å²) in [7, 11) is 0. The molecule has 0 aliphatic carbocycles. The van der Waals surface area contributed by atoms with Crippen molar-refractivity contribution >= 4 is 11.9 Å². The van der Waals surface area contributed by atoms with Gasteiger partial charge in [0, 0.05) is 12.8 Å². The molecule has 0 aromatic rings. The predicted molar refractivity (Wildman–Crippen MR) is 208 cm³/mol. The maximum Gasteiger partial charge on any atom is 0.306 e. The van der Waals surface area contributed by atoms with Crippen molar-refractivity contribution in [2.24, 2.45) is 0 Å². The van der Waals surface area contributed by atoms with E-state index < -0.39 is 5.97 Å². The number of aliphatic carboxylic acids is 1. The molecular formula is C44H76O4. The van der Waals surface area contributed by atoms with Crippen molar-refractivity contribution < 1.29 is 19.4 Å². The molecule has 0 amide bonds. The minimum Gasteiger partial charge on any atom is -0.481 e. The summed E-state index contributed by atoms with van der Waals surface area (Å²) in [4.78, 5) is 23.3. The van der Waals surface area contributed by atoms with Crippen molar-refractivity contribution in [3.8, 4) is 0 Å². The van der Waals surface area contributed by atoms with Gasteiger partial charge in [-0.1, -0.05) is 165 Å². The van der Waals surface area contributed by atoms with Gasteiger partial charge < -0.3 is 9.84 Å². The van der Waals surface area contributed by atoms with E-state index in [1.807, 2.05) is 0 Å². The number of carboxylic acid groups (broad SMARTS) is 1. The number of allylic oxidation sites excluding steroid dienone is 9. The molecule has 0 fully saturated rings. The molecule has 276 valence electrons. The first-order valence-electron chi connectivity index (χ1n) is 20.3. The molecule has 0 aliphatic heterocycles. The summed E-state index contributed by atoms with van der Waals surface area (Å²) in [5, 5.41) is 8.77. The third-order valence-corrected chi connectivity index (χ3v) is 8.71. The van der Waals surface area contributed by atoms with Crippen LogP contribution in [-0.4, -0.2) is 23.1 Å². The van der Waals surface area contributed by atoms with Gasteiger partial charge in [-0.05, 0) is 83.1 Å². The van der Waals surface area contributed by atoms with Gasteiger partial charge in [-0.3, -0.25) is 9.59 Å². The third-order valence-electron chi connectivity index (χ3n) is 8.71. The highest BCUT2D eigenvalue weighted by Crippen LogP contribution is 2.16. The molecule has 0 saturated carbocycles. The van der Waals surface area contributed by atoms with E-state index in [0.717, 1.165) is 83.5 Å². The summed E-state index contributed by atoms with van der Waals surface area (Å²) in [5.41, 5.74) is 0. The first-order valence-corrected chi connectivity index (χ1v) is 20.3. The second kappa shape index (κ2) is 39.1. The Kier molecular flexibility index (Phi) is 37.2. The lowest BCUT2D eigenvalue weighted by atomic mass is 10.0. The molecule has 0 heterocycles. The van der Waals surface area contributed by atoms with Gasteiger partial charge in [0.15, 0.2) is 0 Å². The number of esters is 1. The summed E-state index contributed by atoms with van der Waals surface area (Å²) in [6.45, 7) is 4.41. The molecule has 0 radical (unpaired) electrons. The van der Waals surface area contributed by atoms with Crippen molar-refractivity contribution in [3.05, 3.63) is 60.8 Å². The number of hydrogen-bond acceptors (Lipinski definition) is 3. The number of carboxylic acids is 1. The van der Waals surface area contributed by atoms with Crippen LogP contribution in [0.2, 0.25) is 0 Å². The number of carbonyl (C=O) groups excluding carboxylic acids is 1. The molecule has 48 heavy (non-hydrogen) atoms. The van der Waals surface area contributed by atoms with Gasteiger partial charge in [0.25, 0.3) is 0 Å². The van der Waals surface area contributed by atoms with Gasteiger partial charge in [-0.25, -0.2) is 0 Å². The van der Waals surface area contributed by atoms with E-state index in [9.17, 15) is 9.59 Å². The van der Waals surface area contributed by atoms with Crippen LogP contribution in [0.4, 0.5) is 0 Å². The lowest BCUT2D eigenvalue weighted by molar-refractivity contribution is -0.147. The molecule has 0 spiro atoms. The second-order valence-corrected chi connectivity index (χ2v) is 13.4. The average Bonchev–Trinajstić information content (AvgIpc) is 3.07. The van der Waals surface area contributed by atoms with E-state index in [2.05, 4.69) is 74.6 Å². The number of hydrogen-bond donors (Lipinski definition) is 1. The van der Waals surface area contributed by atoms with Gasteiger partial charge in [0.2, 0.25) is 0 Å². The van der Waals surface area contributed by atoms with Crippen LogP contribution in [-0.2, 0) is 14.3 Å². The molecule has 4 nitrogen and oxygen atoms in total. The quantitative estimate of drug-likeness (QED) is 0.0410. The van der Waals surface area contributed by atoms with Crippen molar-refractivity contribution in [3.63, 3.8) is 0 Å². The maximum absolute atomic E-state index is 12.6. The molecule has 0 rings (SSSR count).